The largest absolute Gasteiger partial charge is 0.323 e. The Morgan fingerprint density at radius 1 is 1.43 bits per heavy atom. The van der Waals surface area contributed by atoms with E-state index in [9.17, 15) is 0 Å². The molecule has 3 rings (SSSR count). The van der Waals surface area contributed by atoms with Gasteiger partial charge in [0.25, 0.3) is 0 Å². The number of aryl methyl sites for hydroxylation is 4. The first-order valence-electron chi connectivity index (χ1n) is 7.67. The average Bonchev–Trinajstić information content (AvgIpc) is 3.03. The van der Waals surface area contributed by atoms with Crippen molar-refractivity contribution in [2.24, 2.45) is 12.8 Å². The Morgan fingerprint density at radius 3 is 2.86 bits per heavy atom. The third-order valence-electron chi connectivity index (χ3n) is 4.30. The summed E-state index contributed by atoms with van der Waals surface area (Å²) in [5.41, 5.74) is 9.97. The molecule has 0 radical (unpaired) electrons. The van der Waals surface area contributed by atoms with Crippen LogP contribution in [0, 0.1) is 0 Å². The van der Waals surface area contributed by atoms with Gasteiger partial charge in [-0.1, -0.05) is 18.5 Å². The fourth-order valence-electron chi connectivity index (χ4n) is 3.05. The van der Waals surface area contributed by atoms with E-state index in [4.69, 9.17) is 17.3 Å². The number of aromatic nitrogens is 2. The van der Waals surface area contributed by atoms with Crippen LogP contribution in [0.4, 0.5) is 0 Å². The van der Waals surface area contributed by atoms with Crippen molar-refractivity contribution in [3.05, 3.63) is 37.8 Å². The summed E-state index contributed by atoms with van der Waals surface area (Å²) in [6, 6.07) is 2.33. The monoisotopic (exact) mass is 323 g/mol. The maximum Gasteiger partial charge on any atom is 0.0850 e. The number of fused-ring (bicyclic) bond motifs is 1. The van der Waals surface area contributed by atoms with Crippen LogP contribution in [-0.2, 0) is 32.7 Å². The summed E-state index contributed by atoms with van der Waals surface area (Å²) in [5.74, 6) is 0. The number of nitrogens with two attached hydrogens (primary N) is 1. The van der Waals surface area contributed by atoms with E-state index in [-0.39, 0.29) is 6.04 Å². The molecule has 2 aromatic heterocycles. The van der Waals surface area contributed by atoms with Gasteiger partial charge in [-0.15, -0.1) is 11.3 Å². The van der Waals surface area contributed by atoms with Gasteiger partial charge in [-0.05, 0) is 43.7 Å². The lowest BCUT2D eigenvalue weighted by atomic mass is 9.98. The van der Waals surface area contributed by atoms with Gasteiger partial charge in [-0.2, -0.15) is 5.10 Å². The first-order chi connectivity index (χ1) is 10.1. The first kappa shape index (κ1) is 15.1. The van der Waals surface area contributed by atoms with Crippen LogP contribution >= 0.6 is 22.9 Å². The van der Waals surface area contributed by atoms with Crippen LogP contribution in [0.5, 0.6) is 0 Å². The highest BCUT2D eigenvalue weighted by molar-refractivity contribution is 7.12. The predicted molar refractivity (Wildman–Crippen MR) is 89.2 cm³/mol. The van der Waals surface area contributed by atoms with Crippen molar-refractivity contribution in [3.63, 3.8) is 0 Å². The van der Waals surface area contributed by atoms with Gasteiger partial charge in [0.05, 0.1) is 16.4 Å². The van der Waals surface area contributed by atoms with E-state index in [0.29, 0.717) is 0 Å². The highest BCUT2D eigenvalue weighted by Crippen LogP contribution is 2.34. The quantitative estimate of drug-likeness (QED) is 0.929. The fourth-order valence-corrected chi connectivity index (χ4v) is 4.68. The van der Waals surface area contributed by atoms with Crippen molar-refractivity contribution in [1.29, 1.82) is 0 Å². The maximum absolute atomic E-state index is 6.44. The Balaban J connectivity index is 1.81. The smallest absolute Gasteiger partial charge is 0.0850 e. The number of rotatable bonds is 4. The summed E-state index contributed by atoms with van der Waals surface area (Å²) in [5, 5.41) is 5.26. The highest BCUT2D eigenvalue weighted by Gasteiger charge is 2.20. The van der Waals surface area contributed by atoms with Gasteiger partial charge in [-0.3, -0.25) is 4.68 Å². The van der Waals surface area contributed by atoms with Crippen molar-refractivity contribution >= 4 is 22.9 Å². The topological polar surface area (TPSA) is 43.8 Å². The summed E-state index contributed by atoms with van der Waals surface area (Å²) in [6.45, 7) is 2.07. The van der Waals surface area contributed by atoms with Gasteiger partial charge in [0.1, 0.15) is 0 Å². The van der Waals surface area contributed by atoms with E-state index < -0.39 is 0 Å². The number of hydrogen-bond donors (Lipinski definition) is 1. The average molecular weight is 324 g/mol. The Morgan fingerprint density at radius 2 is 2.19 bits per heavy atom. The molecule has 5 heteroatoms. The third-order valence-corrected chi connectivity index (χ3v) is 6.10. The van der Waals surface area contributed by atoms with Crippen molar-refractivity contribution in [2.45, 2.75) is 51.5 Å². The van der Waals surface area contributed by atoms with Gasteiger partial charge in [-0.25, -0.2) is 0 Å². The van der Waals surface area contributed by atoms with Crippen molar-refractivity contribution in [2.75, 3.05) is 0 Å². The minimum absolute atomic E-state index is 0.0122. The van der Waals surface area contributed by atoms with E-state index in [1.54, 1.807) is 0 Å². The van der Waals surface area contributed by atoms with Gasteiger partial charge < -0.3 is 5.73 Å². The summed E-state index contributed by atoms with van der Waals surface area (Å²) < 4.78 is 1.88. The number of hydrogen-bond acceptors (Lipinski definition) is 3. The summed E-state index contributed by atoms with van der Waals surface area (Å²) >= 11 is 8.32. The molecule has 1 aliphatic carbocycles. The molecular formula is C16H22ClN3S. The molecule has 0 aromatic carbocycles. The molecule has 21 heavy (non-hydrogen) atoms. The molecule has 0 saturated heterocycles. The molecule has 1 unspecified atom stereocenters. The van der Waals surface area contributed by atoms with Crippen LogP contribution in [0.3, 0.4) is 0 Å². The van der Waals surface area contributed by atoms with Crippen molar-refractivity contribution in [3.8, 4) is 0 Å². The van der Waals surface area contributed by atoms with Crippen molar-refractivity contribution in [1.82, 2.24) is 9.78 Å². The number of thiophene rings is 1. The minimum Gasteiger partial charge on any atom is -0.323 e. The normalized spacial score (nSPS) is 16.0. The molecule has 1 atom stereocenters. The van der Waals surface area contributed by atoms with Crippen LogP contribution in [0.15, 0.2) is 6.07 Å². The molecule has 0 bridgehead atoms. The summed E-state index contributed by atoms with van der Waals surface area (Å²) in [6.07, 6.45) is 6.67. The van der Waals surface area contributed by atoms with E-state index in [2.05, 4.69) is 18.1 Å². The zero-order valence-corrected chi connectivity index (χ0v) is 14.2. The molecule has 0 fully saturated rings. The second-order valence-corrected chi connectivity index (χ2v) is 7.35. The van der Waals surface area contributed by atoms with Crippen LogP contribution in [0.25, 0.3) is 0 Å². The van der Waals surface area contributed by atoms with Gasteiger partial charge in [0, 0.05) is 29.3 Å². The van der Waals surface area contributed by atoms with E-state index in [0.717, 1.165) is 29.3 Å². The first-order valence-corrected chi connectivity index (χ1v) is 8.87. The Bertz CT molecular complexity index is 621. The molecule has 0 aliphatic heterocycles. The standard InChI is InChI=1S/C16H22ClN3S/c1-3-12-16(17)13(20(2)19-12)9-11(18)15-8-10-6-4-5-7-14(10)21-15/h8,11H,3-7,9,18H2,1-2H3. The lowest BCUT2D eigenvalue weighted by Crippen LogP contribution is -2.14. The second kappa shape index (κ2) is 6.11. The van der Waals surface area contributed by atoms with Crippen LogP contribution in [-0.4, -0.2) is 9.78 Å². The Labute approximate surface area is 135 Å². The molecule has 2 heterocycles. The fraction of sp³-hybridized carbons (Fsp3) is 0.562. The third kappa shape index (κ3) is 2.89. The lowest BCUT2D eigenvalue weighted by molar-refractivity contribution is 0.643. The van der Waals surface area contributed by atoms with Crippen LogP contribution in [0.2, 0.25) is 5.02 Å². The summed E-state index contributed by atoms with van der Waals surface area (Å²) in [7, 11) is 1.95. The molecule has 0 amide bonds. The lowest BCUT2D eigenvalue weighted by Gasteiger charge is -2.10. The number of halogens is 1. The highest BCUT2D eigenvalue weighted by atomic mass is 35.5. The maximum atomic E-state index is 6.44. The second-order valence-electron chi connectivity index (χ2n) is 5.80. The summed E-state index contributed by atoms with van der Waals surface area (Å²) in [4.78, 5) is 2.83. The minimum atomic E-state index is 0.0122. The van der Waals surface area contributed by atoms with E-state index >= 15 is 0 Å². The number of nitrogens with zero attached hydrogens (tertiary/aromatic N) is 2. The molecule has 2 N–H and O–H groups in total. The van der Waals surface area contributed by atoms with Crippen molar-refractivity contribution < 1.29 is 0 Å². The molecule has 3 nitrogen and oxygen atoms in total. The van der Waals surface area contributed by atoms with Gasteiger partial charge in [0.15, 0.2) is 0 Å². The SMILES string of the molecule is CCc1nn(C)c(CC(N)c2cc3c(s2)CCCC3)c1Cl. The molecule has 2 aromatic rings. The van der Waals surface area contributed by atoms with Crippen LogP contribution < -0.4 is 5.73 Å². The Hall–Kier alpha value is -0.840. The zero-order valence-electron chi connectivity index (χ0n) is 12.7. The van der Waals surface area contributed by atoms with E-state index in [1.807, 2.05) is 23.1 Å². The zero-order chi connectivity index (χ0) is 15.0. The molecular weight excluding hydrogens is 302 g/mol. The van der Waals surface area contributed by atoms with Crippen LogP contribution in [0.1, 0.15) is 52.5 Å². The molecule has 114 valence electrons. The predicted octanol–water partition coefficient (Wildman–Crippen LogP) is 3.82. The Kier molecular flexibility index (Phi) is 4.38. The molecule has 0 saturated carbocycles. The van der Waals surface area contributed by atoms with Gasteiger partial charge in [0.2, 0.25) is 0 Å². The molecule has 0 spiro atoms. The van der Waals surface area contributed by atoms with E-state index in [1.165, 1.54) is 41.0 Å². The molecule has 1 aliphatic rings. The van der Waals surface area contributed by atoms with Gasteiger partial charge >= 0.3 is 0 Å².